The predicted molar refractivity (Wildman–Crippen MR) is 169 cm³/mol. The van der Waals surface area contributed by atoms with E-state index >= 15 is 0 Å². The van der Waals surface area contributed by atoms with Crippen molar-refractivity contribution in [3.63, 3.8) is 0 Å². The lowest BCUT2D eigenvalue weighted by Gasteiger charge is -2.03. The summed E-state index contributed by atoms with van der Waals surface area (Å²) in [5.41, 5.74) is 7.69. The summed E-state index contributed by atoms with van der Waals surface area (Å²) in [6.07, 6.45) is 42.2. The summed E-state index contributed by atoms with van der Waals surface area (Å²) in [5.74, 6) is 0. The van der Waals surface area contributed by atoms with Gasteiger partial charge in [0.15, 0.2) is 0 Å². The molecule has 0 aromatic carbocycles. The van der Waals surface area contributed by atoms with Gasteiger partial charge in [0, 0.05) is 6.54 Å². The number of unbranched alkanes of at least 4 members (excludes halogenated alkanes) is 28. The molecule has 3 heteroatoms. The first-order chi connectivity index (χ1) is 18.3. The smallest absolute Gasteiger partial charge is 0.0207 e. The fourth-order valence-electron chi connectivity index (χ4n) is 5.09. The number of hydrogen-bond donors (Lipinski definition) is 3. The molecule has 0 aliphatic rings. The van der Waals surface area contributed by atoms with Crippen molar-refractivity contribution >= 4 is 0 Å². The SMILES string of the molecule is CCCCCCCCCCCCCCCCCCNO.CCCCCCCCCCCCCCCCN. The molecule has 0 aliphatic carbocycles. The normalized spacial score (nSPS) is 11.0. The van der Waals surface area contributed by atoms with Crippen molar-refractivity contribution in [1.82, 2.24) is 5.48 Å². The van der Waals surface area contributed by atoms with Crippen molar-refractivity contribution in [3.8, 4) is 0 Å². The summed E-state index contributed by atoms with van der Waals surface area (Å²) in [5, 5.41) is 8.43. The van der Waals surface area contributed by atoms with Gasteiger partial charge in [-0.1, -0.05) is 194 Å². The van der Waals surface area contributed by atoms with E-state index in [1.165, 1.54) is 186 Å². The first-order valence-corrected chi connectivity index (χ1v) is 17.4. The zero-order valence-corrected chi connectivity index (χ0v) is 26.2. The summed E-state index contributed by atoms with van der Waals surface area (Å²) in [6.45, 7) is 6.19. The molecule has 0 rings (SSSR count). The first kappa shape index (κ1) is 39.0. The summed E-state index contributed by atoms with van der Waals surface area (Å²) in [4.78, 5) is 0. The van der Waals surface area contributed by atoms with E-state index in [-0.39, 0.29) is 0 Å². The van der Waals surface area contributed by atoms with Crippen molar-refractivity contribution in [1.29, 1.82) is 0 Å². The van der Waals surface area contributed by atoms with E-state index in [0.717, 1.165) is 19.5 Å². The minimum Gasteiger partial charge on any atom is -0.330 e. The molecule has 0 amide bonds. The van der Waals surface area contributed by atoms with Gasteiger partial charge >= 0.3 is 0 Å². The molecule has 4 N–H and O–H groups in total. The molecule has 0 aromatic heterocycles. The molecule has 0 aliphatic heterocycles. The van der Waals surface area contributed by atoms with E-state index < -0.39 is 0 Å². The Bertz CT molecular complexity index is 319. The zero-order valence-electron chi connectivity index (χ0n) is 26.2. The lowest BCUT2D eigenvalue weighted by atomic mass is 10.0. The number of nitrogens with two attached hydrogens (primary N) is 1. The molecule has 3 nitrogen and oxygen atoms in total. The molecule has 37 heavy (non-hydrogen) atoms. The molecular weight excluding hydrogens is 452 g/mol. The van der Waals surface area contributed by atoms with E-state index in [0.29, 0.717) is 0 Å². The van der Waals surface area contributed by atoms with Crippen molar-refractivity contribution in [2.24, 2.45) is 5.73 Å². The molecule has 0 saturated heterocycles. The van der Waals surface area contributed by atoms with Crippen LogP contribution in [0.2, 0.25) is 0 Å². The van der Waals surface area contributed by atoms with Crippen LogP contribution in [0.15, 0.2) is 0 Å². The van der Waals surface area contributed by atoms with Crippen LogP contribution >= 0.6 is 0 Å². The lowest BCUT2D eigenvalue weighted by molar-refractivity contribution is 0.164. The zero-order chi connectivity index (χ0) is 27.3. The summed E-state index contributed by atoms with van der Waals surface area (Å²) < 4.78 is 0. The average molecular weight is 527 g/mol. The van der Waals surface area contributed by atoms with Crippen molar-refractivity contribution in [3.05, 3.63) is 0 Å². The molecule has 0 atom stereocenters. The Hall–Kier alpha value is -0.120. The third-order valence-corrected chi connectivity index (χ3v) is 7.70. The third kappa shape index (κ3) is 43.2. The summed E-state index contributed by atoms with van der Waals surface area (Å²) in [7, 11) is 0. The van der Waals surface area contributed by atoms with Gasteiger partial charge in [-0.25, -0.2) is 5.48 Å². The number of hydrogen-bond acceptors (Lipinski definition) is 3. The van der Waals surface area contributed by atoms with Gasteiger partial charge in [-0.3, -0.25) is 0 Å². The van der Waals surface area contributed by atoms with E-state index in [2.05, 4.69) is 19.3 Å². The maximum atomic E-state index is 8.43. The minimum absolute atomic E-state index is 0.748. The second-order valence-corrected chi connectivity index (χ2v) is 11.6. The van der Waals surface area contributed by atoms with Crippen LogP contribution in [-0.4, -0.2) is 18.3 Å². The predicted octanol–water partition coefficient (Wildman–Crippen LogP) is 11.7. The standard InChI is InChI=1S/C18H39NO.C16H35N/c1-2-3-4-5-6-7-8-9-10-11-12-13-14-15-16-17-18-19-20;1-2-3-4-5-6-7-8-9-10-11-12-13-14-15-16-17/h19-20H,2-18H2,1H3;2-17H2,1H3. The number of hydroxylamine groups is 1. The fraction of sp³-hybridized carbons (Fsp3) is 1.00. The number of nitrogens with one attached hydrogen (secondary N) is 1. The Kier molecular flexibility index (Phi) is 42.6. The second-order valence-electron chi connectivity index (χ2n) is 11.6. The van der Waals surface area contributed by atoms with Crippen molar-refractivity contribution < 1.29 is 5.21 Å². The van der Waals surface area contributed by atoms with Crippen LogP contribution in [-0.2, 0) is 0 Å². The van der Waals surface area contributed by atoms with Crippen LogP contribution in [0.1, 0.15) is 206 Å². The van der Waals surface area contributed by atoms with Crippen LogP contribution in [0.25, 0.3) is 0 Å². The third-order valence-electron chi connectivity index (χ3n) is 7.70. The Morgan fingerprint density at radius 3 is 0.784 bits per heavy atom. The summed E-state index contributed by atoms with van der Waals surface area (Å²) in [6, 6.07) is 0. The van der Waals surface area contributed by atoms with Crippen LogP contribution in [0, 0.1) is 0 Å². The molecule has 0 spiro atoms. The second kappa shape index (κ2) is 40.4. The highest BCUT2D eigenvalue weighted by atomic mass is 16.5. The average Bonchev–Trinajstić information content (AvgIpc) is 2.91. The first-order valence-electron chi connectivity index (χ1n) is 17.4. The van der Waals surface area contributed by atoms with E-state index in [4.69, 9.17) is 10.9 Å². The van der Waals surface area contributed by atoms with Gasteiger partial charge in [0.05, 0.1) is 0 Å². The Morgan fingerprint density at radius 2 is 0.568 bits per heavy atom. The molecule has 0 saturated carbocycles. The van der Waals surface area contributed by atoms with Gasteiger partial charge in [-0.15, -0.1) is 0 Å². The minimum atomic E-state index is 0.748. The summed E-state index contributed by atoms with van der Waals surface area (Å²) >= 11 is 0. The van der Waals surface area contributed by atoms with Crippen LogP contribution < -0.4 is 11.2 Å². The molecule has 0 fully saturated rings. The van der Waals surface area contributed by atoms with Crippen LogP contribution in [0.3, 0.4) is 0 Å². The van der Waals surface area contributed by atoms with Gasteiger partial charge in [0.2, 0.25) is 0 Å². The molecule has 0 radical (unpaired) electrons. The molecule has 0 bridgehead atoms. The maximum Gasteiger partial charge on any atom is 0.0207 e. The molecule has 0 aromatic rings. The van der Waals surface area contributed by atoms with Gasteiger partial charge in [0.1, 0.15) is 0 Å². The molecule has 0 unspecified atom stereocenters. The van der Waals surface area contributed by atoms with Crippen molar-refractivity contribution in [2.45, 2.75) is 206 Å². The van der Waals surface area contributed by atoms with Gasteiger partial charge in [-0.2, -0.15) is 0 Å². The Balaban J connectivity index is 0. The highest BCUT2D eigenvalue weighted by Crippen LogP contribution is 2.14. The van der Waals surface area contributed by atoms with E-state index in [1.54, 1.807) is 0 Å². The number of rotatable bonds is 31. The van der Waals surface area contributed by atoms with Crippen molar-refractivity contribution in [2.75, 3.05) is 13.1 Å². The monoisotopic (exact) mass is 527 g/mol. The van der Waals surface area contributed by atoms with Crippen LogP contribution in [0.4, 0.5) is 0 Å². The highest BCUT2D eigenvalue weighted by molar-refractivity contribution is 4.51. The van der Waals surface area contributed by atoms with E-state index in [9.17, 15) is 0 Å². The van der Waals surface area contributed by atoms with Gasteiger partial charge in [-0.05, 0) is 19.4 Å². The van der Waals surface area contributed by atoms with Gasteiger partial charge < -0.3 is 10.9 Å². The topological polar surface area (TPSA) is 58.3 Å². The highest BCUT2D eigenvalue weighted by Gasteiger charge is 1.95. The molecule has 226 valence electrons. The quantitative estimate of drug-likeness (QED) is 0.0621. The molecule has 0 heterocycles. The lowest BCUT2D eigenvalue weighted by Crippen LogP contribution is -2.07. The largest absolute Gasteiger partial charge is 0.330 e. The maximum absolute atomic E-state index is 8.43. The van der Waals surface area contributed by atoms with Gasteiger partial charge in [0.25, 0.3) is 0 Å². The Morgan fingerprint density at radius 1 is 0.351 bits per heavy atom. The van der Waals surface area contributed by atoms with Crippen LogP contribution in [0.5, 0.6) is 0 Å². The fourth-order valence-corrected chi connectivity index (χ4v) is 5.09. The molecular formula is C34H74N2O. The van der Waals surface area contributed by atoms with E-state index in [1.807, 2.05) is 0 Å². The Labute approximate surface area is 235 Å².